The standard InChI is InChI=1S/C17H20N2O/c1-2-3-7-14-10-12-15(13-11-14)17(20)19(18)16-8-5-4-6-9-16/h4-6,8-13H,2-3,7,18H2,1H3. The molecule has 0 aliphatic heterocycles. The highest BCUT2D eigenvalue weighted by atomic mass is 16.2. The van der Waals surface area contributed by atoms with E-state index in [1.807, 2.05) is 54.6 Å². The number of nitrogens with two attached hydrogens (primary N) is 1. The van der Waals surface area contributed by atoms with Crippen molar-refractivity contribution in [1.82, 2.24) is 0 Å². The first-order chi connectivity index (χ1) is 9.72. The molecule has 0 saturated carbocycles. The molecule has 2 rings (SSSR count). The number of benzene rings is 2. The molecule has 0 aromatic heterocycles. The van der Waals surface area contributed by atoms with Crippen molar-refractivity contribution < 1.29 is 4.79 Å². The van der Waals surface area contributed by atoms with Gasteiger partial charge in [0.25, 0.3) is 5.91 Å². The van der Waals surface area contributed by atoms with Crippen molar-refractivity contribution in [2.75, 3.05) is 5.01 Å². The number of para-hydroxylation sites is 1. The van der Waals surface area contributed by atoms with E-state index in [0.717, 1.165) is 6.42 Å². The summed E-state index contributed by atoms with van der Waals surface area (Å²) in [4.78, 5) is 12.3. The van der Waals surface area contributed by atoms with Crippen LogP contribution in [0.3, 0.4) is 0 Å². The zero-order chi connectivity index (χ0) is 14.4. The summed E-state index contributed by atoms with van der Waals surface area (Å²) in [5, 5.41) is 1.18. The summed E-state index contributed by atoms with van der Waals surface area (Å²) in [5.74, 6) is 5.68. The highest BCUT2D eigenvalue weighted by molar-refractivity contribution is 6.05. The van der Waals surface area contributed by atoms with Crippen LogP contribution in [0.1, 0.15) is 35.7 Å². The Bertz CT molecular complexity index is 549. The van der Waals surface area contributed by atoms with Gasteiger partial charge in [0.2, 0.25) is 0 Å². The fourth-order valence-electron chi connectivity index (χ4n) is 2.04. The number of anilines is 1. The molecule has 0 unspecified atom stereocenters. The van der Waals surface area contributed by atoms with Crippen LogP contribution in [0.5, 0.6) is 0 Å². The molecule has 2 aromatic rings. The Balaban J connectivity index is 2.09. The summed E-state index contributed by atoms with van der Waals surface area (Å²) >= 11 is 0. The molecule has 20 heavy (non-hydrogen) atoms. The molecule has 3 nitrogen and oxygen atoms in total. The van der Waals surface area contributed by atoms with Crippen LogP contribution >= 0.6 is 0 Å². The van der Waals surface area contributed by atoms with E-state index in [-0.39, 0.29) is 5.91 Å². The number of rotatable bonds is 5. The lowest BCUT2D eigenvalue weighted by molar-refractivity contribution is 0.0987. The number of amides is 1. The summed E-state index contributed by atoms with van der Waals surface area (Å²) in [6, 6.07) is 16.9. The van der Waals surface area contributed by atoms with Crippen LogP contribution in [0, 0.1) is 0 Å². The van der Waals surface area contributed by atoms with E-state index < -0.39 is 0 Å². The van der Waals surface area contributed by atoms with Crippen LogP contribution in [0.25, 0.3) is 0 Å². The van der Waals surface area contributed by atoms with Gasteiger partial charge in [0.05, 0.1) is 5.69 Å². The molecule has 2 aromatic carbocycles. The number of hydrogen-bond acceptors (Lipinski definition) is 2. The quantitative estimate of drug-likeness (QED) is 0.512. The SMILES string of the molecule is CCCCc1ccc(C(=O)N(N)c2ccccc2)cc1. The van der Waals surface area contributed by atoms with E-state index in [1.165, 1.54) is 23.4 Å². The third-order valence-electron chi connectivity index (χ3n) is 3.27. The van der Waals surface area contributed by atoms with Gasteiger partial charge in [-0.1, -0.05) is 43.7 Å². The predicted molar refractivity (Wildman–Crippen MR) is 82.5 cm³/mol. The number of nitrogens with zero attached hydrogens (tertiary/aromatic N) is 1. The lowest BCUT2D eigenvalue weighted by Gasteiger charge is -2.16. The second-order valence-corrected chi connectivity index (χ2v) is 4.81. The Labute approximate surface area is 120 Å². The Morgan fingerprint density at radius 1 is 1.05 bits per heavy atom. The fourth-order valence-corrected chi connectivity index (χ4v) is 2.04. The van der Waals surface area contributed by atoms with Crippen molar-refractivity contribution in [3.8, 4) is 0 Å². The number of hydrazine groups is 1. The highest BCUT2D eigenvalue weighted by Crippen LogP contribution is 2.14. The molecule has 0 spiro atoms. The highest BCUT2D eigenvalue weighted by Gasteiger charge is 2.13. The first-order valence-corrected chi connectivity index (χ1v) is 6.95. The molecule has 3 heteroatoms. The normalized spacial score (nSPS) is 10.3. The summed E-state index contributed by atoms with van der Waals surface area (Å²) < 4.78 is 0. The van der Waals surface area contributed by atoms with E-state index >= 15 is 0 Å². The maximum absolute atomic E-state index is 12.3. The Morgan fingerprint density at radius 3 is 2.30 bits per heavy atom. The molecule has 0 atom stereocenters. The monoisotopic (exact) mass is 268 g/mol. The Morgan fingerprint density at radius 2 is 1.70 bits per heavy atom. The molecule has 2 N–H and O–H groups in total. The number of aryl methyl sites for hydroxylation is 1. The van der Waals surface area contributed by atoms with Gasteiger partial charge in [-0.2, -0.15) is 0 Å². The molecule has 0 radical (unpaired) electrons. The van der Waals surface area contributed by atoms with Gasteiger partial charge < -0.3 is 0 Å². The summed E-state index contributed by atoms with van der Waals surface area (Å²) in [6.45, 7) is 2.17. The van der Waals surface area contributed by atoms with Crippen molar-refractivity contribution in [2.45, 2.75) is 26.2 Å². The van der Waals surface area contributed by atoms with Crippen molar-refractivity contribution in [3.63, 3.8) is 0 Å². The van der Waals surface area contributed by atoms with Crippen LogP contribution in [0.4, 0.5) is 5.69 Å². The predicted octanol–water partition coefficient (Wildman–Crippen LogP) is 3.55. The van der Waals surface area contributed by atoms with Gasteiger partial charge in [-0.3, -0.25) is 4.79 Å². The zero-order valence-corrected chi connectivity index (χ0v) is 11.8. The minimum absolute atomic E-state index is 0.196. The molecule has 1 amide bonds. The van der Waals surface area contributed by atoms with E-state index in [4.69, 9.17) is 5.84 Å². The minimum Gasteiger partial charge on any atom is -0.267 e. The largest absolute Gasteiger partial charge is 0.272 e. The van der Waals surface area contributed by atoms with Crippen molar-refractivity contribution >= 4 is 11.6 Å². The number of carbonyl (C=O) groups is 1. The fraction of sp³-hybridized carbons (Fsp3) is 0.235. The molecule has 0 saturated heterocycles. The molecule has 0 aliphatic rings. The summed E-state index contributed by atoms with van der Waals surface area (Å²) in [7, 11) is 0. The molecule has 104 valence electrons. The first kappa shape index (κ1) is 14.3. The maximum Gasteiger partial charge on any atom is 0.272 e. The number of hydrogen-bond donors (Lipinski definition) is 1. The van der Waals surface area contributed by atoms with Crippen molar-refractivity contribution in [1.29, 1.82) is 0 Å². The lowest BCUT2D eigenvalue weighted by atomic mass is 10.1. The van der Waals surface area contributed by atoms with Gasteiger partial charge in [0.1, 0.15) is 0 Å². The average Bonchev–Trinajstić information content (AvgIpc) is 2.53. The van der Waals surface area contributed by atoms with Gasteiger partial charge in [-0.25, -0.2) is 10.9 Å². The van der Waals surface area contributed by atoms with Crippen LogP contribution in [-0.4, -0.2) is 5.91 Å². The minimum atomic E-state index is -0.196. The summed E-state index contributed by atoms with van der Waals surface area (Å²) in [6.07, 6.45) is 3.39. The second kappa shape index (κ2) is 6.87. The van der Waals surface area contributed by atoms with E-state index in [1.54, 1.807) is 0 Å². The van der Waals surface area contributed by atoms with E-state index in [0.29, 0.717) is 11.3 Å². The smallest absolute Gasteiger partial charge is 0.267 e. The second-order valence-electron chi connectivity index (χ2n) is 4.81. The van der Waals surface area contributed by atoms with Crippen LogP contribution in [0.15, 0.2) is 54.6 Å². The van der Waals surface area contributed by atoms with Gasteiger partial charge in [-0.15, -0.1) is 0 Å². The summed E-state index contributed by atoms with van der Waals surface area (Å²) in [5.41, 5.74) is 2.55. The van der Waals surface area contributed by atoms with Gasteiger partial charge in [-0.05, 0) is 42.7 Å². The lowest BCUT2D eigenvalue weighted by Crippen LogP contribution is -2.37. The molecule has 0 aliphatic carbocycles. The average molecular weight is 268 g/mol. The van der Waals surface area contributed by atoms with Crippen LogP contribution in [-0.2, 0) is 6.42 Å². The van der Waals surface area contributed by atoms with Crippen molar-refractivity contribution in [2.24, 2.45) is 5.84 Å². The Hall–Kier alpha value is -2.13. The zero-order valence-electron chi connectivity index (χ0n) is 11.8. The third-order valence-corrected chi connectivity index (χ3v) is 3.27. The van der Waals surface area contributed by atoms with E-state index in [9.17, 15) is 4.79 Å². The van der Waals surface area contributed by atoms with Gasteiger partial charge in [0, 0.05) is 5.56 Å². The topological polar surface area (TPSA) is 46.3 Å². The molecule has 0 heterocycles. The van der Waals surface area contributed by atoms with Crippen molar-refractivity contribution in [3.05, 3.63) is 65.7 Å². The molecule has 0 bridgehead atoms. The molecular formula is C17H20N2O. The number of unbranched alkanes of at least 4 members (excludes halogenated alkanes) is 1. The van der Waals surface area contributed by atoms with E-state index in [2.05, 4.69) is 6.92 Å². The first-order valence-electron chi connectivity index (χ1n) is 6.95. The van der Waals surface area contributed by atoms with Gasteiger partial charge in [0.15, 0.2) is 0 Å². The van der Waals surface area contributed by atoms with Crippen LogP contribution < -0.4 is 10.9 Å². The Kier molecular flexibility index (Phi) is 4.91. The molecular weight excluding hydrogens is 248 g/mol. The van der Waals surface area contributed by atoms with Crippen LogP contribution in [0.2, 0.25) is 0 Å². The molecule has 0 fully saturated rings. The third kappa shape index (κ3) is 3.45. The maximum atomic E-state index is 12.3. The van der Waals surface area contributed by atoms with Gasteiger partial charge >= 0.3 is 0 Å². The number of carbonyl (C=O) groups excluding carboxylic acids is 1.